The fraction of sp³-hybridized carbons (Fsp3) is 0. The Hall–Kier alpha value is -1.35. The van der Waals surface area contributed by atoms with Crippen molar-refractivity contribution in [3.05, 3.63) is 35.0 Å². The van der Waals surface area contributed by atoms with Crippen LogP contribution in [0, 0.1) is 16.7 Å². The van der Waals surface area contributed by atoms with E-state index in [0.717, 1.165) is 0 Å². The van der Waals surface area contributed by atoms with E-state index in [9.17, 15) is 5.21 Å². The van der Waals surface area contributed by atoms with Crippen molar-refractivity contribution >= 4 is 24.0 Å². The van der Waals surface area contributed by atoms with E-state index in [1.54, 1.807) is 30.6 Å². The van der Waals surface area contributed by atoms with Gasteiger partial charge in [-0.3, -0.25) is 0 Å². The van der Waals surface area contributed by atoms with Crippen LogP contribution in [-0.4, -0.2) is 6.21 Å². The normalized spacial score (nSPS) is 24.9. The predicted molar refractivity (Wildman–Crippen MR) is 52.4 cm³/mol. The molecule has 1 heterocycles. The number of hydroxylamine groups is 1. The van der Waals surface area contributed by atoms with Crippen molar-refractivity contribution in [2.45, 2.75) is 0 Å². The Labute approximate surface area is 79.6 Å². The maximum Gasteiger partial charge on any atom is 0.329 e. The van der Waals surface area contributed by atoms with E-state index >= 15 is 0 Å². The molecule has 0 aliphatic carbocycles. The third-order valence-electron chi connectivity index (χ3n) is 1.74. The van der Waals surface area contributed by atoms with Crippen molar-refractivity contribution in [3.8, 4) is 6.19 Å². The maximum atomic E-state index is 11.7. The molecule has 1 atom stereocenters. The highest BCUT2D eigenvalue weighted by Gasteiger charge is 2.28. The lowest BCUT2D eigenvalue weighted by atomic mass is 10.2. The molecule has 0 fully saturated rings. The summed E-state index contributed by atoms with van der Waals surface area (Å²) in [6.45, 7) is 0. The zero-order valence-corrected chi connectivity index (χ0v) is 7.36. The Kier molecular flexibility index (Phi) is 1.81. The van der Waals surface area contributed by atoms with Crippen LogP contribution in [0.3, 0.4) is 0 Å². The van der Waals surface area contributed by atoms with Gasteiger partial charge in [-0.25, -0.2) is 0 Å². The minimum Gasteiger partial charge on any atom is -0.598 e. The van der Waals surface area contributed by atoms with Gasteiger partial charge in [0.1, 0.15) is 0 Å². The molecule has 1 aliphatic heterocycles. The SMILES string of the molecule is N#C[N+]1([O-])SN=Cc2ccccc21. The number of rotatable bonds is 0. The summed E-state index contributed by atoms with van der Waals surface area (Å²) in [4.78, 5) is 0. The molecule has 5 heteroatoms. The third kappa shape index (κ3) is 1.21. The monoisotopic (exact) mass is 191 g/mol. The summed E-state index contributed by atoms with van der Waals surface area (Å²) in [5, 5.41) is 20.5. The molecule has 0 spiro atoms. The molecule has 0 saturated heterocycles. The van der Waals surface area contributed by atoms with Crippen LogP contribution in [0.25, 0.3) is 0 Å². The first-order valence-electron chi connectivity index (χ1n) is 3.59. The van der Waals surface area contributed by atoms with Crippen LogP contribution in [0.1, 0.15) is 5.56 Å². The van der Waals surface area contributed by atoms with Gasteiger partial charge in [0, 0.05) is 6.07 Å². The lowest BCUT2D eigenvalue weighted by Crippen LogP contribution is -2.30. The topological polar surface area (TPSA) is 59.2 Å². The first-order chi connectivity index (χ1) is 6.26. The maximum absolute atomic E-state index is 11.7. The van der Waals surface area contributed by atoms with Crippen LogP contribution in [0.15, 0.2) is 28.7 Å². The zero-order chi connectivity index (χ0) is 9.31. The van der Waals surface area contributed by atoms with Gasteiger partial charge in [-0.05, 0) is 6.07 Å². The van der Waals surface area contributed by atoms with E-state index in [4.69, 9.17) is 5.26 Å². The largest absolute Gasteiger partial charge is 0.598 e. The summed E-state index contributed by atoms with van der Waals surface area (Å²) in [5.74, 6) is 0. The molecule has 0 saturated carbocycles. The minimum atomic E-state index is -1.10. The highest BCUT2D eigenvalue weighted by molar-refractivity contribution is 7.98. The van der Waals surface area contributed by atoms with Crippen molar-refractivity contribution in [2.24, 2.45) is 4.40 Å². The van der Waals surface area contributed by atoms with Crippen molar-refractivity contribution in [2.75, 3.05) is 0 Å². The van der Waals surface area contributed by atoms with Crippen molar-refractivity contribution in [3.63, 3.8) is 0 Å². The average Bonchev–Trinajstić information content (AvgIpc) is 2.19. The second kappa shape index (κ2) is 2.85. The molecule has 2 rings (SSSR count). The zero-order valence-electron chi connectivity index (χ0n) is 6.54. The molecule has 64 valence electrons. The van der Waals surface area contributed by atoms with Crippen LogP contribution >= 0.6 is 12.1 Å². The number of hydrogen-bond acceptors (Lipinski definition) is 4. The van der Waals surface area contributed by atoms with Gasteiger partial charge in [-0.1, -0.05) is 12.1 Å². The summed E-state index contributed by atoms with van der Waals surface area (Å²) in [7, 11) is 0. The summed E-state index contributed by atoms with van der Waals surface area (Å²) in [6, 6.07) is 6.95. The Morgan fingerprint density at radius 2 is 2.23 bits per heavy atom. The van der Waals surface area contributed by atoms with Gasteiger partial charge in [0.05, 0.1) is 11.8 Å². The van der Waals surface area contributed by atoms with Crippen molar-refractivity contribution < 1.29 is 0 Å². The van der Waals surface area contributed by atoms with Crippen molar-refractivity contribution in [1.29, 1.82) is 5.26 Å². The number of nitrogens with zero attached hydrogens (tertiary/aromatic N) is 3. The van der Waals surface area contributed by atoms with Gasteiger partial charge < -0.3 is 5.21 Å². The molecule has 1 unspecified atom stereocenters. The Morgan fingerprint density at radius 3 is 3.00 bits per heavy atom. The molecule has 13 heavy (non-hydrogen) atoms. The smallest absolute Gasteiger partial charge is 0.329 e. The van der Waals surface area contributed by atoms with Gasteiger partial charge >= 0.3 is 6.19 Å². The summed E-state index contributed by atoms with van der Waals surface area (Å²) in [5.41, 5.74) is 1.14. The molecule has 0 aromatic heterocycles. The molecular formula is C8H5N3OS. The summed E-state index contributed by atoms with van der Waals surface area (Å²) >= 11 is 0.698. The van der Waals surface area contributed by atoms with Gasteiger partial charge in [0.15, 0.2) is 5.69 Å². The van der Waals surface area contributed by atoms with Gasteiger partial charge in [-0.2, -0.15) is 4.40 Å². The number of benzene rings is 1. The number of para-hydroxylation sites is 1. The first-order valence-corrected chi connectivity index (χ1v) is 4.32. The highest BCUT2D eigenvalue weighted by Crippen LogP contribution is 2.36. The molecule has 0 N–H and O–H groups in total. The minimum absolute atomic E-state index is 0.435. The second-order valence-corrected chi connectivity index (χ2v) is 3.41. The van der Waals surface area contributed by atoms with Crippen LogP contribution in [0.5, 0.6) is 0 Å². The Balaban J connectivity index is 2.64. The fourth-order valence-electron chi connectivity index (χ4n) is 1.13. The lowest BCUT2D eigenvalue weighted by Gasteiger charge is -2.29. The number of quaternary nitrogens is 1. The summed E-state index contributed by atoms with van der Waals surface area (Å²) < 4.78 is 2.67. The van der Waals surface area contributed by atoms with E-state index in [2.05, 4.69) is 4.40 Å². The van der Waals surface area contributed by atoms with E-state index in [-0.39, 0.29) is 0 Å². The molecule has 1 aromatic carbocycles. The molecule has 0 radical (unpaired) electrons. The van der Waals surface area contributed by atoms with Crippen LogP contribution in [-0.2, 0) is 0 Å². The van der Waals surface area contributed by atoms with Gasteiger partial charge in [0.25, 0.3) is 0 Å². The van der Waals surface area contributed by atoms with E-state index in [1.807, 2.05) is 6.07 Å². The Bertz CT molecular complexity index is 412. The molecule has 1 aliphatic rings. The van der Waals surface area contributed by atoms with Gasteiger partial charge in [-0.15, -0.1) is 9.31 Å². The standard InChI is InChI=1S/C8H5N3OS/c9-6-11(12)8-4-2-1-3-7(8)5-10-13-11/h1-5H. The van der Waals surface area contributed by atoms with Crippen LogP contribution in [0.4, 0.5) is 5.69 Å². The Morgan fingerprint density at radius 1 is 1.46 bits per heavy atom. The van der Waals surface area contributed by atoms with E-state index in [1.165, 1.54) is 0 Å². The first kappa shape index (κ1) is 8.26. The number of fused-ring (bicyclic) bond motifs is 1. The van der Waals surface area contributed by atoms with Crippen LogP contribution < -0.4 is 4.05 Å². The van der Waals surface area contributed by atoms with E-state index < -0.39 is 4.05 Å². The van der Waals surface area contributed by atoms with Crippen LogP contribution in [0.2, 0.25) is 0 Å². The lowest BCUT2D eigenvalue weighted by molar-refractivity contribution is 0.821. The van der Waals surface area contributed by atoms with Gasteiger partial charge in [0.2, 0.25) is 12.1 Å². The quantitative estimate of drug-likeness (QED) is 0.272. The predicted octanol–water partition coefficient (Wildman–Crippen LogP) is 1.97. The summed E-state index contributed by atoms with van der Waals surface area (Å²) in [6.07, 6.45) is 3.26. The third-order valence-corrected chi connectivity index (χ3v) is 2.45. The molecule has 0 amide bonds. The highest BCUT2D eigenvalue weighted by atomic mass is 32.2. The fourth-order valence-corrected chi connectivity index (χ4v) is 1.71. The molecular weight excluding hydrogens is 186 g/mol. The second-order valence-electron chi connectivity index (χ2n) is 2.53. The molecule has 1 aromatic rings. The number of hydrogen-bond donors (Lipinski definition) is 0. The van der Waals surface area contributed by atoms with E-state index in [0.29, 0.717) is 23.4 Å². The molecule has 0 bridgehead atoms. The number of nitriles is 1. The molecule has 4 nitrogen and oxygen atoms in total. The van der Waals surface area contributed by atoms with Crippen molar-refractivity contribution in [1.82, 2.24) is 4.05 Å². The average molecular weight is 191 g/mol.